The molecule has 2 heterocycles. The van der Waals surface area contributed by atoms with E-state index in [4.69, 9.17) is 0 Å². The number of aromatic nitrogens is 1. The summed E-state index contributed by atoms with van der Waals surface area (Å²) in [5.74, 6) is 0.0115. The number of piperazine rings is 1. The van der Waals surface area contributed by atoms with Gasteiger partial charge in [-0.15, -0.1) is 11.3 Å². The number of amides is 1. The predicted molar refractivity (Wildman–Crippen MR) is 123 cm³/mol. The lowest BCUT2D eigenvalue weighted by Crippen LogP contribution is -2.47. The van der Waals surface area contributed by atoms with Crippen molar-refractivity contribution in [1.82, 2.24) is 14.8 Å². The van der Waals surface area contributed by atoms with Gasteiger partial charge in [-0.05, 0) is 11.1 Å². The summed E-state index contributed by atoms with van der Waals surface area (Å²) >= 11 is 1.53. The molecule has 1 fully saturated rings. The van der Waals surface area contributed by atoms with Crippen molar-refractivity contribution < 1.29 is 4.79 Å². The smallest absolute Gasteiger partial charge is 0.225 e. The summed E-state index contributed by atoms with van der Waals surface area (Å²) in [6.07, 6.45) is 0. The molecule has 1 aliphatic heterocycles. The summed E-state index contributed by atoms with van der Waals surface area (Å²) in [4.78, 5) is 22.8. The molecule has 0 saturated carbocycles. The maximum Gasteiger partial charge on any atom is 0.225 e. The molecule has 5 nitrogen and oxygen atoms in total. The molecule has 1 amide bonds. The molecule has 1 aromatic heterocycles. The Balaban J connectivity index is 1.42. The van der Waals surface area contributed by atoms with E-state index in [2.05, 4.69) is 80.8 Å². The van der Waals surface area contributed by atoms with Gasteiger partial charge in [0.15, 0.2) is 5.13 Å². The molecule has 3 aromatic rings. The molecule has 1 aliphatic rings. The zero-order chi connectivity index (χ0) is 20.9. The summed E-state index contributed by atoms with van der Waals surface area (Å²) in [5, 5.41) is 2.84. The van der Waals surface area contributed by atoms with E-state index >= 15 is 0 Å². The molecule has 0 N–H and O–H groups in total. The number of rotatable bonds is 6. The Bertz CT molecular complexity index is 912. The molecule has 0 atom stereocenters. The summed E-state index contributed by atoms with van der Waals surface area (Å²) in [7, 11) is 1.77. The van der Waals surface area contributed by atoms with Crippen LogP contribution in [0.15, 0.2) is 66.0 Å². The fourth-order valence-corrected chi connectivity index (χ4v) is 4.78. The van der Waals surface area contributed by atoms with Gasteiger partial charge in [-0.2, -0.15) is 0 Å². The Labute approximate surface area is 182 Å². The molecule has 156 valence electrons. The van der Waals surface area contributed by atoms with Crippen LogP contribution < -0.4 is 4.90 Å². The Morgan fingerprint density at radius 2 is 1.57 bits per heavy atom. The topological polar surface area (TPSA) is 39.7 Å². The lowest BCUT2D eigenvalue weighted by atomic mass is 9.96. The van der Waals surface area contributed by atoms with Crippen molar-refractivity contribution in [3.05, 3.63) is 82.9 Å². The monoisotopic (exact) mass is 420 g/mol. The zero-order valence-corrected chi connectivity index (χ0v) is 18.4. The van der Waals surface area contributed by atoms with Crippen LogP contribution in [0.2, 0.25) is 0 Å². The number of carbonyl (C=O) groups is 1. The molecule has 0 unspecified atom stereocenters. The minimum Gasteiger partial charge on any atom is -0.295 e. The molecule has 2 aromatic carbocycles. The second-order valence-electron chi connectivity index (χ2n) is 7.74. The lowest BCUT2D eigenvalue weighted by molar-refractivity contribution is -0.116. The van der Waals surface area contributed by atoms with Crippen molar-refractivity contribution in [2.24, 2.45) is 0 Å². The third-order valence-electron chi connectivity index (χ3n) is 5.69. The average molecular weight is 421 g/mol. The van der Waals surface area contributed by atoms with E-state index in [0.29, 0.717) is 0 Å². The second kappa shape index (κ2) is 9.51. The average Bonchev–Trinajstić information content (AvgIpc) is 3.24. The van der Waals surface area contributed by atoms with Crippen molar-refractivity contribution in [2.75, 3.05) is 38.1 Å². The van der Waals surface area contributed by atoms with Crippen LogP contribution in [0.4, 0.5) is 5.13 Å². The van der Waals surface area contributed by atoms with Crippen LogP contribution in [0.25, 0.3) is 0 Å². The van der Waals surface area contributed by atoms with Crippen LogP contribution in [0.1, 0.15) is 29.8 Å². The first kappa shape index (κ1) is 20.7. The van der Waals surface area contributed by atoms with Crippen LogP contribution in [0.3, 0.4) is 0 Å². The normalized spacial score (nSPS) is 15.4. The largest absolute Gasteiger partial charge is 0.295 e. The number of carbonyl (C=O) groups excluding carboxylic acids is 1. The molecule has 0 bridgehead atoms. The van der Waals surface area contributed by atoms with Gasteiger partial charge < -0.3 is 0 Å². The van der Waals surface area contributed by atoms with Crippen molar-refractivity contribution in [2.45, 2.75) is 19.5 Å². The van der Waals surface area contributed by atoms with Gasteiger partial charge in [0.25, 0.3) is 0 Å². The van der Waals surface area contributed by atoms with Gasteiger partial charge >= 0.3 is 0 Å². The Hall–Kier alpha value is -2.54. The Kier molecular flexibility index (Phi) is 6.57. The van der Waals surface area contributed by atoms with E-state index in [-0.39, 0.29) is 11.9 Å². The number of hydrogen-bond donors (Lipinski definition) is 0. The maximum atomic E-state index is 11.6. The third-order valence-corrected chi connectivity index (χ3v) is 6.65. The number of anilines is 1. The van der Waals surface area contributed by atoms with Crippen molar-refractivity contribution in [3.63, 3.8) is 0 Å². The highest BCUT2D eigenvalue weighted by molar-refractivity contribution is 7.14. The summed E-state index contributed by atoms with van der Waals surface area (Å²) < 4.78 is 0. The first-order valence-electron chi connectivity index (χ1n) is 10.4. The SMILES string of the molecule is CC(=O)N(C)c1nc(CN2CCN(C(c3ccccc3)c3ccccc3)CC2)cs1. The van der Waals surface area contributed by atoms with Crippen molar-refractivity contribution in [3.8, 4) is 0 Å². The van der Waals surface area contributed by atoms with Crippen LogP contribution in [-0.2, 0) is 11.3 Å². The molecule has 0 spiro atoms. The van der Waals surface area contributed by atoms with Crippen LogP contribution in [-0.4, -0.2) is 53.9 Å². The van der Waals surface area contributed by atoms with E-state index in [1.165, 1.54) is 22.5 Å². The van der Waals surface area contributed by atoms with E-state index in [9.17, 15) is 4.79 Å². The van der Waals surface area contributed by atoms with Crippen LogP contribution in [0.5, 0.6) is 0 Å². The molecule has 0 aliphatic carbocycles. The first-order chi connectivity index (χ1) is 14.6. The van der Waals surface area contributed by atoms with E-state index in [0.717, 1.165) is 43.5 Å². The second-order valence-corrected chi connectivity index (χ2v) is 8.57. The van der Waals surface area contributed by atoms with Gasteiger partial charge in [0.2, 0.25) is 5.91 Å². The molecular weight excluding hydrogens is 392 g/mol. The predicted octanol–water partition coefficient (Wildman–Crippen LogP) is 4.03. The number of nitrogens with zero attached hydrogens (tertiary/aromatic N) is 4. The highest BCUT2D eigenvalue weighted by Crippen LogP contribution is 2.30. The van der Waals surface area contributed by atoms with Crippen molar-refractivity contribution >= 4 is 22.4 Å². The van der Waals surface area contributed by atoms with Gasteiger partial charge in [-0.3, -0.25) is 19.5 Å². The third kappa shape index (κ3) is 4.78. The molecule has 4 rings (SSSR count). The van der Waals surface area contributed by atoms with Gasteiger partial charge in [0.05, 0.1) is 11.7 Å². The Morgan fingerprint density at radius 1 is 1.00 bits per heavy atom. The zero-order valence-electron chi connectivity index (χ0n) is 17.6. The summed E-state index contributed by atoms with van der Waals surface area (Å²) in [5.41, 5.74) is 3.72. The minimum absolute atomic E-state index is 0.0115. The number of thiazole rings is 1. The Morgan fingerprint density at radius 3 is 2.10 bits per heavy atom. The lowest BCUT2D eigenvalue weighted by Gasteiger charge is -2.39. The highest BCUT2D eigenvalue weighted by Gasteiger charge is 2.26. The molecule has 30 heavy (non-hydrogen) atoms. The molecular formula is C24H28N4OS. The van der Waals surface area contributed by atoms with Gasteiger partial charge in [-0.1, -0.05) is 60.7 Å². The van der Waals surface area contributed by atoms with Crippen molar-refractivity contribution in [1.29, 1.82) is 0 Å². The fraction of sp³-hybridized carbons (Fsp3) is 0.333. The van der Waals surface area contributed by atoms with E-state index < -0.39 is 0 Å². The molecule has 0 radical (unpaired) electrons. The first-order valence-corrected chi connectivity index (χ1v) is 11.2. The van der Waals surface area contributed by atoms with E-state index in [1.807, 2.05) is 0 Å². The number of benzene rings is 2. The minimum atomic E-state index is 0.0115. The highest BCUT2D eigenvalue weighted by atomic mass is 32.1. The van der Waals surface area contributed by atoms with Crippen LogP contribution in [0, 0.1) is 0 Å². The quantitative estimate of drug-likeness (QED) is 0.604. The van der Waals surface area contributed by atoms with Crippen LogP contribution >= 0.6 is 11.3 Å². The van der Waals surface area contributed by atoms with E-state index in [1.54, 1.807) is 18.9 Å². The van der Waals surface area contributed by atoms with Gasteiger partial charge in [-0.25, -0.2) is 4.98 Å². The molecule has 1 saturated heterocycles. The van der Waals surface area contributed by atoms with Gasteiger partial charge in [0.1, 0.15) is 0 Å². The summed E-state index contributed by atoms with van der Waals surface area (Å²) in [6.45, 7) is 6.43. The summed E-state index contributed by atoms with van der Waals surface area (Å²) in [6, 6.07) is 21.9. The standard InChI is InChI=1S/C24H28N4OS/c1-19(29)26(2)24-25-22(18-30-24)17-27-13-15-28(16-14-27)23(20-9-5-3-6-10-20)21-11-7-4-8-12-21/h3-12,18,23H,13-17H2,1-2H3. The maximum absolute atomic E-state index is 11.6. The number of hydrogen-bond acceptors (Lipinski definition) is 5. The fourth-order valence-electron chi connectivity index (χ4n) is 3.95. The van der Waals surface area contributed by atoms with Gasteiger partial charge in [0, 0.05) is 52.1 Å². The molecule has 6 heteroatoms.